The van der Waals surface area contributed by atoms with E-state index >= 15 is 0 Å². The predicted molar refractivity (Wildman–Crippen MR) is 96.3 cm³/mol. The Morgan fingerprint density at radius 1 is 0.818 bits per heavy atom. The second-order valence-electron chi connectivity index (χ2n) is 4.03. The molecule has 1 N–H and O–H groups in total. The smallest absolute Gasteiger partial charge is 0.303 e. The second-order valence-corrected chi connectivity index (χ2v) is 4.03. The average Bonchev–Trinajstić information content (AvgIpc) is 2.59. The predicted octanol–water partition coefficient (Wildman–Crippen LogP) is 5.75. The molecule has 0 spiro atoms. The van der Waals surface area contributed by atoms with Crippen LogP contribution in [0.15, 0.2) is 60.7 Å². The molecule has 0 aliphatic heterocycles. The maximum atomic E-state index is 10.2. The summed E-state index contributed by atoms with van der Waals surface area (Å²) in [7, 11) is 0. The quantitative estimate of drug-likeness (QED) is 0.783. The molecule has 0 atom stereocenters. The Balaban J connectivity index is 0. The monoisotopic (exact) mass is 302 g/mol. The first-order valence-electron chi connectivity index (χ1n) is 7.96. The molecule has 0 radical (unpaired) electrons. The topological polar surface area (TPSA) is 37.3 Å². The molecule has 0 saturated heterocycles. The largest absolute Gasteiger partial charge is 0.481 e. The Hall–Kier alpha value is -2.09. The Morgan fingerprint density at radius 2 is 1.23 bits per heavy atom. The summed E-state index contributed by atoms with van der Waals surface area (Å²) in [6, 6.07) is 19.9. The summed E-state index contributed by atoms with van der Waals surface area (Å²) in [6.45, 7) is 10.1. The van der Waals surface area contributed by atoms with Gasteiger partial charge < -0.3 is 5.11 Å². The van der Waals surface area contributed by atoms with Crippen LogP contribution in [0.3, 0.4) is 0 Å². The van der Waals surface area contributed by atoms with E-state index in [-0.39, 0.29) is 6.42 Å². The zero-order valence-electron chi connectivity index (χ0n) is 14.5. The minimum atomic E-state index is -0.742. The van der Waals surface area contributed by atoms with Gasteiger partial charge in [-0.15, -0.1) is 0 Å². The van der Waals surface area contributed by atoms with Crippen LogP contribution in [0.4, 0.5) is 0 Å². The molecule has 0 aliphatic rings. The fourth-order valence-corrected chi connectivity index (χ4v) is 1.43. The number of rotatable bonds is 3. The Labute approximate surface area is 135 Å². The fraction of sp³-hybridized carbons (Fsp3) is 0.350. The first-order chi connectivity index (χ1) is 10.7. The van der Waals surface area contributed by atoms with E-state index in [2.05, 4.69) is 19.1 Å². The summed E-state index contributed by atoms with van der Waals surface area (Å²) in [5.41, 5.74) is 2.40. The molecular weight excluding hydrogens is 272 g/mol. The summed E-state index contributed by atoms with van der Waals surface area (Å²) >= 11 is 0. The Kier molecular flexibility index (Phi) is 17.1. The van der Waals surface area contributed by atoms with E-state index in [0.717, 1.165) is 5.56 Å². The van der Waals surface area contributed by atoms with Crippen molar-refractivity contribution in [2.24, 2.45) is 0 Å². The number of carboxylic acid groups (broad SMARTS) is 1. The van der Waals surface area contributed by atoms with E-state index in [4.69, 9.17) is 5.11 Å². The van der Waals surface area contributed by atoms with Gasteiger partial charge in [0.1, 0.15) is 0 Å². The van der Waals surface area contributed by atoms with E-state index in [1.807, 2.05) is 76.2 Å². The molecule has 0 aliphatic carbocycles. The van der Waals surface area contributed by atoms with Crippen LogP contribution in [-0.2, 0) is 11.2 Å². The van der Waals surface area contributed by atoms with Gasteiger partial charge in [-0.2, -0.15) is 0 Å². The van der Waals surface area contributed by atoms with Crippen molar-refractivity contribution in [3.8, 4) is 0 Å². The van der Waals surface area contributed by atoms with Crippen molar-refractivity contribution in [2.45, 2.75) is 47.5 Å². The molecule has 122 valence electrons. The molecular formula is C20H30O2. The lowest BCUT2D eigenvalue weighted by Gasteiger charge is -1.95. The van der Waals surface area contributed by atoms with E-state index in [1.165, 1.54) is 5.56 Å². The normalized spacial score (nSPS) is 8.05. The molecule has 22 heavy (non-hydrogen) atoms. The molecule has 2 aromatic rings. The van der Waals surface area contributed by atoms with E-state index in [9.17, 15) is 4.79 Å². The zero-order valence-corrected chi connectivity index (χ0v) is 14.5. The molecule has 0 amide bonds. The van der Waals surface area contributed by atoms with E-state index in [0.29, 0.717) is 6.42 Å². The molecule has 0 heterocycles. The van der Waals surface area contributed by atoms with Crippen molar-refractivity contribution in [1.29, 1.82) is 0 Å². The third-order valence-corrected chi connectivity index (χ3v) is 2.41. The Morgan fingerprint density at radius 3 is 1.55 bits per heavy atom. The molecule has 2 nitrogen and oxygen atoms in total. The third-order valence-electron chi connectivity index (χ3n) is 2.41. The molecule has 0 unspecified atom stereocenters. The summed E-state index contributed by atoms with van der Waals surface area (Å²) < 4.78 is 0. The summed E-state index contributed by atoms with van der Waals surface area (Å²) in [6.07, 6.45) is 0.834. The van der Waals surface area contributed by atoms with Gasteiger partial charge >= 0.3 is 5.97 Å². The van der Waals surface area contributed by atoms with Crippen molar-refractivity contribution < 1.29 is 9.90 Å². The maximum absolute atomic E-state index is 10.2. The van der Waals surface area contributed by atoms with Crippen molar-refractivity contribution in [1.82, 2.24) is 0 Å². The summed E-state index contributed by atoms with van der Waals surface area (Å²) in [5.74, 6) is -0.742. The molecule has 2 aromatic carbocycles. The molecule has 2 rings (SSSR count). The van der Waals surface area contributed by atoms with Crippen LogP contribution in [0.2, 0.25) is 0 Å². The average molecular weight is 302 g/mol. The van der Waals surface area contributed by atoms with Crippen LogP contribution in [-0.4, -0.2) is 11.1 Å². The first-order valence-corrected chi connectivity index (χ1v) is 7.96. The number of aliphatic carboxylic acids is 1. The minimum absolute atomic E-state index is 0.212. The third kappa shape index (κ3) is 14.3. The van der Waals surface area contributed by atoms with Gasteiger partial charge in [0.2, 0.25) is 0 Å². The van der Waals surface area contributed by atoms with E-state index < -0.39 is 5.97 Å². The van der Waals surface area contributed by atoms with E-state index in [1.54, 1.807) is 0 Å². The lowest BCUT2D eigenvalue weighted by Crippen LogP contribution is -1.96. The molecule has 0 aromatic heterocycles. The van der Waals surface area contributed by atoms with Crippen molar-refractivity contribution in [2.75, 3.05) is 0 Å². The fourth-order valence-electron chi connectivity index (χ4n) is 1.43. The first kappa shape index (κ1) is 22.2. The standard InChI is InChI=1S/C9H10O2.C7H8.2C2H6/c10-9(11)7-6-8-4-2-1-3-5-8;1-7-5-3-2-4-6-7;2*1-2/h1-5H,6-7H2,(H,10,11);2-6H,1H3;2*1-2H3. The van der Waals surface area contributed by atoms with Crippen LogP contribution in [0, 0.1) is 6.92 Å². The number of carbonyl (C=O) groups is 1. The number of carboxylic acids is 1. The van der Waals surface area contributed by atoms with Gasteiger partial charge in [0.15, 0.2) is 0 Å². The molecule has 0 saturated carbocycles. The highest BCUT2D eigenvalue weighted by Gasteiger charge is 1.96. The van der Waals surface area contributed by atoms with Crippen LogP contribution in [0.1, 0.15) is 45.2 Å². The lowest BCUT2D eigenvalue weighted by atomic mass is 10.1. The van der Waals surface area contributed by atoms with Crippen LogP contribution >= 0.6 is 0 Å². The molecule has 0 bridgehead atoms. The summed E-state index contributed by atoms with van der Waals surface area (Å²) in [4.78, 5) is 10.2. The number of hydrogen-bond donors (Lipinski definition) is 1. The van der Waals surface area contributed by atoms with Gasteiger partial charge in [-0.3, -0.25) is 4.79 Å². The van der Waals surface area contributed by atoms with Gasteiger partial charge in [-0.25, -0.2) is 0 Å². The SMILES string of the molecule is CC.CC.Cc1ccccc1.O=C(O)CCc1ccccc1. The number of hydrogen-bond acceptors (Lipinski definition) is 1. The van der Waals surface area contributed by atoms with Crippen molar-refractivity contribution >= 4 is 5.97 Å². The van der Waals surface area contributed by atoms with Crippen LogP contribution < -0.4 is 0 Å². The highest BCUT2D eigenvalue weighted by Crippen LogP contribution is 2.01. The number of aryl methyl sites for hydroxylation is 2. The van der Waals surface area contributed by atoms with Crippen molar-refractivity contribution in [3.05, 3.63) is 71.8 Å². The van der Waals surface area contributed by atoms with Gasteiger partial charge in [-0.1, -0.05) is 93.9 Å². The highest BCUT2D eigenvalue weighted by atomic mass is 16.4. The van der Waals surface area contributed by atoms with Crippen LogP contribution in [0.5, 0.6) is 0 Å². The zero-order chi connectivity index (χ0) is 17.2. The molecule has 0 fully saturated rings. The van der Waals surface area contributed by atoms with Crippen molar-refractivity contribution in [3.63, 3.8) is 0 Å². The molecule has 2 heteroatoms. The number of benzene rings is 2. The Bertz CT molecular complexity index is 450. The van der Waals surface area contributed by atoms with Gasteiger partial charge in [0.25, 0.3) is 0 Å². The highest BCUT2D eigenvalue weighted by molar-refractivity contribution is 5.67. The lowest BCUT2D eigenvalue weighted by molar-refractivity contribution is -0.136. The maximum Gasteiger partial charge on any atom is 0.303 e. The van der Waals surface area contributed by atoms with Gasteiger partial charge in [0, 0.05) is 6.42 Å². The summed E-state index contributed by atoms with van der Waals surface area (Å²) in [5, 5.41) is 8.37. The van der Waals surface area contributed by atoms with Gasteiger partial charge in [-0.05, 0) is 18.9 Å². The minimum Gasteiger partial charge on any atom is -0.481 e. The van der Waals surface area contributed by atoms with Crippen LogP contribution in [0.25, 0.3) is 0 Å². The van der Waals surface area contributed by atoms with Gasteiger partial charge in [0.05, 0.1) is 0 Å². The second kappa shape index (κ2) is 17.0.